The number of carbonyl (C=O) groups excluding carboxylic acids is 2. The number of aromatic nitrogens is 2. The first kappa shape index (κ1) is 22.9. The molecule has 10 nitrogen and oxygen atoms in total. The lowest BCUT2D eigenvalue weighted by atomic mass is 9.89. The van der Waals surface area contributed by atoms with Gasteiger partial charge in [-0.05, 0) is 55.5 Å². The van der Waals surface area contributed by atoms with Gasteiger partial charge in [0.05, 0.1) is 0 Å². The van der Waals surface area contributed by atoms with E-state index in [4.69, 9.17) is 14.9 Å². The third-order valence-corrected chi connectivity index (χ3v) is 7.68. The molecule has 2 saturated heterocycles. The van der Waals surface area contributed by atoms with E-state index in [0.29, 0.717) is 37.1 Å². The van der Waals surface area contributed by atoms with Crippen molar-refractivity contribution in [3.05, 3.63) is 47.7 Å². The van der Waals surface area contributed by atoms with Crippen LogP contribution in [0.2, 0.25) is 0 Å². The Morgan fingerprint density at radius 1 is 1.06 bits per heavy atom. The number of ether oxygens (including phenoxy) is 2. The number of amidine groups is 1. The van der Waals surface area contributed by atoms with Crippen LogP contribution in [0.3, 0.4) is 0 Å². The molecule has 1 saturated carbocycles. The second-order valence-electron chi connectivity index (χ2n) is 10.0. The molecule has 36 heavy (non-hydrogen) atoms. The van der Waals surface area contributed by atoms with E-state index in [1.165, 1.54) is 6.42 Å². The van der Waals surface area contributed by atoms with Gasteiger partial charge in [-0.15, -0.1) is 5.10 Å². The van der Waals surface area contributed by atoms with Crippen LogP contribution in [0.15, 0.2) is 36.5 Å². The quantitative estimate of drug-likeness (QED) is 0.589. The Hall–Kier alpha value is -3.53. The van der Waals surface area contributed by atoms with Crippen molar-refractivity contribution in [2.24, 2.45) is 0 Å². The van der Waals surface area contributed by atoms with E-state index >= 15 is 0 Å². The van der Waals surface area contributed by atoms with E-state index in [0.717, 1.165) is 49.2 Å². The highest BCUT2D eigenvalue weighted by Crippen LogP contribution is 2.34. The van der Waals surface area contributed by atoms with Crippen molar-refractivity contribution in [2.45, 2.75) is 69.4 Å². The van der Waals surface area contributed by atoms with Crippen LogP contribution in [0.4, 0.5) is 0 Å². The van der Waals surface area contributed by atoms with Gasteiger partial charge < -0.3 is 14.4 Å². The molecule has 1 aliphatic carbocycles. The van der Waals surface area contributed by atoms with Crippen molar-refractivity contribution in [1.29, 1.82) is 5.41 Å². The van der Waals surface area contributed by atoms with Crippen molar-refractivity contribution in [3.63, 3.8) is 0 Å². The maximum Gasteiger partial charge on any atom is 0.249 e. The van der Waals surface area contributed by atoms with Gasteiger partial charge in [0.2, 0.25) is 17.7 Å². The molecule has 4 heterocycles. The van der Waals surface area contributed by atoms with Crippen molar-refractivity contribution < 1.29 is 19.1 Å². The number of hydrogen-bond acceptors (Lipinski definition) is 8. The van der Waals surface area contributed by atoms with E-state index in [2.05, 4.69) is 20.4 Å². The highest BCUT2D eigenvalue weighted by Gasteiger charge is 2.41. The standard InChI is InChI=1S/C26H30N6O4/c27-25-19-8-7-17(12-16(19)13-32(25)21-9-10-23(33)29-26(21)34)35-22-5-2-1-4-20(22)31-14-18(15-31)36-24-6-3-11-28-30-24/h3,6-8,11-12,18,20-22,27H,1-2,4-5,9-10,13-15H2,(H,29,33,34)/t20-,21?,22-/m0/s1. The number of benzene rings is 1. The lowest BCUT2D eigenvalue weighted by Gasteiger charge is -2.47. The molecule has 2 amide bonds. The van der Waals surface area contributed by atoms with Crippen molar-refractivity contribution in [1.82, 2.24) is 25.3 Å². The zero-order valence-electron chi connectivity index (χ0n) is 20.1. The summed E-state index contributed by atoms with van der Waals surface area (Å²) in [5.41, 5.74) is 1.80. The van der Waals surface area contributed by atoms with Crippen LogP contribution < -0.4 is 14.8 Å². The van der Waals surface area contributed by atoms with Crippen LogP contribution in [0.1, 0.15) is 49.7 Å². The zero-order valence-corrected chi connectivity index (χ0v) is 20.1. The summed E-state index contributed by atoms with van der Waals surface area (Å²) >= 11 is 0. The molecular formula is C26H30N6O4. The molecule has 188 valence electrons. The number of imide groups is 1. The first-order valence-corrected chi connectivity index (χ1v) is 12.7. The van der Waals surface area contributed by atoms with E-state index < -0.39 is 6.04 Å². The van der Waals surface area contributed by atoms with Crippen LogP contribution in [0.5, 0.6) is 11.6 Å². The first-order chi connectivity index (χ1) is 17.5. The van der Waals surface area contributed by atoms with Crippen LogP contribution in [-0.2, 0) is 16.1 Å². The fourth-order valence-corrected chi connectivity index (χ4v) is 5.81. The van der Waals surface area contributed by atoms with Crippen LogP contribution in [0.25, 0.3) is 0 Å². The molecule has 0 bridgehead atoms. The average Bonchev–Trinajstić information content (AvgIpc) is 3.18. The SMILES string of the molecule is N=C1c2ccc(O[C@H]3CCCC[C@@H]3N3CC(Oc4cccnn4)C3)cc2CN1C1CCC(=O)NC1=O. The molecule has 1 aromatic heterocycles. The van der Waals surface area contributed by atoms with E-state index in [9.17, 15) is 9.59 Å². The summed E-state index contributed by atoms with van der Waals surface area (Å²) in [4.78, 5) is 28.1. The summed E-state index contributed by atoms with van der Waals surface area (Å²) < 4.78 is 12.5. The maximum absolute atomic E-state index is 12.4. The second kappa shape index (κ2) is 9.50. The molecule has 2 aromatic rings. The largest absolute Gasteiger partial charge is 0.489 e. The molecule has 10 heteroatoms. The Bertz CT molecular complexity index is 1170. The molecule has 6 rings (SSSR count). The first-order valence-electron chi connectivity index (χ1n) is 12.7. The zero-order chi connectivity index (χ0) is 24.6. The molecule has 2 N–H and O–H groups in total. The number of nitrogens with one attached hydrogen (secondary N) is 2. The fraction of sp³-hybridized carbons (Fsp3) is 0.500. The molecular weight excluding hydrogens is 460 g/mol. The molecule has 1 unspecified atom stereocenters. The monoisotopic (exact) mass is 490 g/mol. The number of piperidine rings is 1. The van der Waals surface area contributed by atoms with Crippen molar-refractivity contribution in [2.75, 3.05) is 13.1 Å². The predicted octanol–water partition coefficient (Wildman–Crippen LogP) is 1.88. The molecule has 3 aliphatic heterocycles. The number of nitrogens with zero attached hydrogens (tertiary/aromatic N) is 4. The lowest BCUT2D eigenvalue weighted by Crippen LogP contribution is -2.62. The summed E-state index contributed by atoms with van der Waals surface area (Å²) in [5.74, 6) is 1.13. The fourth-order valence-electron chi connectivity index (χ4n) is 5.81. The highest BCUT2D eigenvalue weighted by molar-refractivity contribution is 6.06. The Morgan fingerprint density at radius 3 is 2.72 bits per heavy atom. The van der Waals surface area contributed by atoms with Gasteiger partial charge in [0, 0.05) is 49.9 Å². The van der Waals surface area contributed by atoms with Crippen molar-refractivity contribution in [3.8, 4) is 11.6 Å². The molecule has 0 spiro atoms. The minimum atomic E-state index is -0.488. The third-order valence-electron chi connectivity index (χ3n) is 7.68. The predicted molar refractivity (Wildman–Crippen MR) is 130 cm³/mol. The van der Waals surface area contributed by atoms with Gasteiger partial charge in [-0.3, -0.25) is 25.2 Å². The summed E-state index contributed by atoms with van der Waals surface area (Å²) in [7, 11) is 0. The van der Waals surface area contributed by atoms with Crippen LogP contribution in [-0.4, -0.2) is 75.0 Å². The minimum Gasteiger partial charge on any atom is -0.489 e. The van der Waals surface area contributed by atoms with Gasteiger partial charge in [0.25, 0.3) is 0 Å². The maximum atomic E-state index is 12.4. The summed E-state index contributed by atoms with van der Waals surface area (Å²) in [5, 5.41) is 18.9. The lowest BCUT2D eigenvalue weighted by molar-refractivity contribution is -0.136. The topological polar surface area (TPSA) is 121 Å². The van der Waals surface area contributed by atoms with E-state index in [1.54, 1.807) is 11.1 Å². The number of amides is 2. The Kier molecular flexibility index (Phi) is 6.04. The van der Waals surface area contributed by atoms with Crippen LogP contribution >= 0.6 is 0 Å². The van der Waals surface area contributed by atoms with Gasteiger partial charge in [-0.2, -0.15) is 5.10 Å². The van der Waals surface area contributed by atoms with Crippen molar-refractivity contribution >= 4 is 17.6 Å². The molecule has 1 aromatic carbocycles. The van der Waals surface area contributed by atoms with E-state index in [1.807, 2.05) is 30.3 Å². The molecule has 3 fully saturated rings. The molecule has 4 aliphatic rings. The Labute approximate surface area is 209 Å². The second-order valence-corrected chi connectivity index (χ2v) is 10.0. The number of fused-ring (bicyclic) bond motifs is 1. The molecule has 0 radical (unpaired) electrons. The van der Waals surface area contributed by atoms with Gasteiger partial charge >= 0.3 is 0 Å². The molecule has 3 atom stereocenters. The number of likely N-dealkylation sites (tertiary alicyclic amines) is 1. The Balaban J connectivity index is 1.09. The van der Waals surface area contributed by atoms with Gasteiger partial charge in [0.15, 0.2) is 0 Å². The summed E-state index contributed by atoms with van der Waals surface area (Å²) in [6.07, 6.45) is 7.04. The Morgan fingerprint density at radius 2 is 1.92 bits per heavy atom. The number of rotatable bonds is 6. The number of carbonyl (C=O) groups is 2. The summed E-state index contributed by atoms with van der Waals surface area (Å²) in [6, 6.07) is 9.37. The van der Waals surface area contributed by atoms with Crippen LogP contribution in [0, 0.1) is 5.41 Å². The summed E-state index contributed by atoms with van der Waals surface area (Å²) in [6.45, 7) is 2.17. The highest BCUT2D eigenvalue weighted by atomic mass is 16.5. The number of hydrogen-bond donors (Lipinski definition) is 2. The van der Waals surface area contributed by atoms with Gasteiger partial charge in [-0.25, -0.2) is 0 Å². The van der Waals surface area contributed by atoms with Gasteiger partial charge in [-0.1, -0.05) is 6.42 Å². The third kappa shape index (κ3) is 4.41. The average molecular weight is 491 g/mol. The minimum absolute atomic E-state index is 0.0985. The van der Waals surface area contributed by atoms with E-state index in [-0.39, 0.29) is 24.0 Å². The smallest absolute Gasteiger partial charge is 0.249 e. The van der Waals surface area contributed by atoms with Gasteiger partial charge in [0.1, 0.15) is 29.8 Å². The normalized spacial score (nSPS) is 26.8.